The van der Waals surface area contributed by atoms with Crippen molar-refractivity contribution >= 4 is 35.4 Å². The van der Waals surface area contributed by atoms with Crippen molar-refractivity contribution in [2.75, 3.05) is 30.3 Å². The Morgan fingerprint density at radius 1 is 1.35 bits per heavy atom. The van der Waals surface area contributed by atoms with Gasteiger partial charge in [0.15, 0.2) is 0 Å². The summed E-state index contributed by atoms with van der Waals surface area (Å²) in [6.45, 7) is 2.81. The molecular formula is C13H22N2O3S2. The number of nitrogens with one attached hydrogen (secondary N) is 1. The minimum absolute atomic E-state index is 0.0918. The fourth-order valence-electron chi connectivity index (χ4n) is 2.61. The molecular weight excluding hydrogens is 296 g/mol. The number of nitrogens with zero attached hydrogens (tertiary/aromatic N) is 1. The van der Waals surface area contributed by atoms with Crippen LogP contribution in [0.2, 0.25) is 0 Å². The van der Waals surface area contributed by atoms with Crippen LogP contribution in [0.3, 0.4) is 0 Å². The van der Waals surface area contributed by atoms with E-state index in [0.29, 0.717) is 6.04 Å². The Labute approximate surface area is 128 Å². The number of hydrogen-bond donors (Lipinski definition) is 2. The molecule has 7 heteroatoms. The van der Waals surface area contributed by atoms with Crippen LogP contribution in [0.1, 0.15) is 19.8 Å². The molecule has 1 saturated carbocycles. The molecule has 0 aromatic rings. The molecule has 0 aromatic heterocycles. The molecule has 2 fully saturated rings. The van der Waals surface area contributed by atoms with Crippen LogP contribution >= 0.6 is 23.5 Å². The summed E-state index contributed by atoms with van der Waals surface area (Å²) in [6.07, 6.45) is 1.74. The van der Waals surface area contributed by atoms with Crippen molar-refractivity contribution in [2.24, 2.45) is 0 Å². The van der Waals surface area contributed by atoms with E-state index >= 15 is 0 Å². The first-order valence-electron chi connectivity index (χ1n) is 7.05. The average Bonchev–Trinajstić information content (AvgIpc) is 2.40. The van der Waals surface area contributed by atoms with Gasteiger partial charge in [0.05, 0.1) is 11.8 Å². The second-order valence-corrected chi connectivity index (χ2v) is 7.68. The molecule has 1 aliphatic heterocycles. The van der Waals surface area contributed by atoms with Gasteiger partial charge >= 0.3 is 5.97 Å². The number of carboxylic acids is 1. The minimum atomic E-state index is -0.782. The Balaban J connectivity index is 1.70. The highest BCUT2D eigenvalue weighted by molar-refractivity contribution is 8.07. The Kier molecular flexibility index (Phi) is 6.04. The Morgan fingerprint density at radius 2 is 2.10 bits per heavy atom. The summed E-state index contributed by atoms with van der Waals surface area (Å²) in [5.41, 5.74) is 0. The molecule has 2 rings (SSSR count). The van der Waals surface area contributed by atoms with Gasteiger partial charge in [-0.25, -0.2) is 0 Å². The van der Waals surface area contributed by atoms with E-state index in [-0.39, 0.29) is 23.7 Å². The van der Waals surface area contributed by atoms with Crippen LogP contribution in [0.25, 0.3) is 0 Å². The number of hydrogen-bond acceptors (Lipinski definition) is 5. The normalized spacial score (nSPS) is 29.8. The fraction of sp³-hybridized carbons (Fsp3) is 0.846. The van der Waals surface area contributed by atoms with Crippen LogP contribution in [-0.4, -0.2) is 69.6 Å². The molecule has 1 amide bonds. The summed E-state index contributed by atoms with van der Waals surface area (Å²) >= 11 is 3.59. The van der Waals surface area contributed by atoms with E-state index in [4.69, 9.17) is 5.11 Å². The smallest absolute Gasteiger partial charge is 0.317 e. The summed E-state index contributed by atoms with van der Waals surface area (Å²) in [6, 6.07) is 0.526. The van der Waals surface area contributed by atoms with Gasteiger partial charge < -0.3 is 10.4 Å². The molecule has 0 bridgehead atoms. The SMILES string of the molecule is CCN(CC(=O)O)C1CC(NC(=O)[C@H]2CSCCS2)C1. The number of likely N-dealkylation sites (N-methyl/N-ethyl adjacent to an activating group) is 1. The highest BCUT2D eigenvalue weighted by Crippen LogP contribution is 2.28. The number of aliphatic carboxylic acids is 1. The fourth-order valence-corrected chi connectivity index (χ4v) is 5.18. The zero-order valence-corrected chi connectivity index (χ0v) is 13.3. The van der Waals surface area contributed by atoms with Crippen molar-refractivity contribution < 1.29 is 14.7 Å². The number of rotatable bonds is 6. The third-order valence-electron chi connectivity index (χ3n) is 3.83. The van der Waals surface area contributed by atoms with Crippen LogP contribution in [-0.2, 0) is 9.59 Å². The molecule has 0 spiro atoms. The number of carbonyl (C=O) groups excluding carboxylic acids is 1. The van der Waals surface area contributed by atoms with E-state index in [9.17, 15) is 9.59 Å². The van der Waals surface area contributed by atoms with E-state index < -0.39 is 5.97 Å². The molecule has 2 aliphatic rings. The third-order valence-corrected chi connectivity index (χ3v) is 6.58. The van der Waals surface area contributed by atoms with Crippen LogP contribution in [0, 0.1) is 0 Å². The summed E-state index contributed by atoms with van der Waals surface area (Å²) in [5.74, 6) is 2.48. The summed E-state index contributed by atoms with van der Waals surface area (Å²) < 4.78 is 0. The monoisotopic (exact) mass is 318 g/mol. The summed E-state index contributed by atoms with van der Waals surface area (Å²) in [4.78, 5) is 24.8. The van der Waals surface area contributed by atoms with Gasteiger partial charge in [0.2, 0.25) is 5.91 Å². The quantitative estimate of drug-likeness (QED) is 0.758. The number of carboxylic acid groups (broad SMARTS) is 1. The van der Waals surface area contributed by atoms with Gasteiger partial charge in [-0.05, 0) is 19.4 Å². The van der Waals surface area contributed by atoms with E-state index in [1.807, 2.05) is 23.6 Å². The van der Waals surface area contributed by atoms with Gasteiger partial charge in [-0.1, -0.05) is 6.92 Å². The van der Waals surface area contributed by atoms with E-state index in [1.165, 1.54) is 0 Å². The Morgan fingerprint density at radius 3 is 2.65 bits per heavy atom. The number of thioether (sulfide) groups is 2. The molecule has 1 atom stereocenters. The lowest BCUT2D eigenvalue weighted by Gasteiger charge is -2.42. The minimum Gasteiger partial charge on any atom is -0.480 e. The molecule has 2 N–H and O–H groups in total. The molecule has 1 aliphatic carbocycles. The highest BCUT2D eigenvalue weighted by Gasteiger charge is 2.36. The zero-order chi connectivity index (χ0) is 14.5. The molecule has 0 radical (unpaired) electrons. The summed E-state index contributed by atoms with van der Waals surface area (Å²) in [5, 5.41) is 12.0. The van der Waals surface area contributed by atoms with Crippen LogP contribution in [0.5, 0.6) is 0 Å². The van der Waals surface area contributed by atoms with Crippen LogP contribution in [0.4, 0.5) is 0 Å². The second kappa shape index (κ2) is 7.56. The molecule has 1 heterocycles. The number of amides is 1. The lowest BCUT2D eigenvalue weighted by atomic mass is 9.85. The van der Waals surface area contributed by atoms with E-state index in [0.717, 1.165) is 36.6 Å². The van der Waals surface area contributed by atoms with Crippen molar-refractivity contribution in [3.8, 4) is 0 Å². The maximum atomic E-state index is 12.1. The van der Waals surface area contributed by atoms with Gasteiger partial charge in [0.1, 0.15) is 0 Å². The van der Waals surface area contributed by atoms with Gasteiger partial charge in [0, 0.05) is 29.3 Å². The average molecular weight is 318 g/mol. The predicted molar refractivity (Wildman–Crippen MR) is 83.4 cm³/mol. The standard InChI is InChI=1S/C13H22N2O3S2/c1-2-15(7-12(16)17)10-5-9(6-10)14-13(18)11-8-19-3-4-20-11/h9-11H,2-8H2,1H3,(H,14,18)(H,16,17)/t9?,10?,11-/m1/s1. The lowest BCUT2D eigenvalue weighted by Crippen LogP contribution is -2.56. The van der Waals surface area contributed by atoms with Crippen LogP contribution < -0.4 is 5.32 Å². The largest absolute Gasteiger partial charge is 0.480 e. The summed E-state index contributed by atoms with van der Waals surface area (Å²) in [7, 11) is 0. The van der Waals surface area contributed by atoms with Crippen LogP contribution in [0.15, 0.2) is 0 Å². The first kappa shape index (κ1) is 16.0. The maximum absolute atomic E-state index is 12.1. The van der Waals surface area contributed by atoms with Gasteiger partial charge in [-0.2, -0.15) is 11.8 Å². The first-order valence-corrected chi connectivity index (χ1v) is 9.26. The van der Waals surface area contributed by atoms with E-state index in [1.54, 1.807) is 11.8 Å². The predicted octanol–water partition coefficient (Wildman–Crippen LogP) is 0.889. The Bertz CT molecular complexity index is 356. The van der Waals surface area contributed by atoms with Gasteiger partial charge in [-0.3, -0.25) is 14.5 Å². The van der Waals surface area contributed by atoms with Crippen molar-refractivity contribution in [1.82, 2.24) is 10.2 Å². The highest BCUT2D eigenvalue weighted by atomic mass is 32.2. The molecule has 114 valence electrons. The molecule has 0 unspecified atom stereocenters. The van der Waals surface area contributed by atoms with Crippen molar-refractivity contribution in [2.45, 2.75) is 37.1 Å². The molecule has 0 aromatic carbocycles. The molecule has 20 heavy (non-hydrogen) atoms. The van der Waals surface area contributed by atoms with Crippen molar-refractivity contribution in [1.29, 1.82) is 0 Å². The lowest BCUT2D eigenvalue weighted by molar-refractivity contribution is -0.139. The zero-order valence-electron chi connectivity index (χ0n) is 11.7. The van der Waals surface area contributed by atoms with E-state index in [2.05, 4.69) is 5.32 Å². The van der Waals surface area contributed by atoms with Gasteiger partial charge in [0.25, 0.3) is 0 Å². The third kappa shape index (κ3) is 4.30. The van der Waals surface area contributed by atoms with Crippen molar-refractivity contribution in [3.63, 3.8) is 0 Å². The van der Waals surface area contributed by atoms with Crippen molar-refractivity contribution in [3.05, 3.63) is 0 Å². The number of carbonyl (C=O) groups is 2. The second-order valence-electron chi connectivity index (χ2n) is 5.22. The first-order chi connectivity index (χ1) is 9.60. The molecule has 5 nitrogen and oxygen atoms in total. The molecule has 1 saturated heterocycles. The van der Waals surface area contributed by atoms with Gasteiger partial charge in [-0.15, -0.1) is 11.8 Å². The topological polar surface area (TPSA) is 69.6 Å². The Hall–Kier alpha value is -0.400. The maximum Gasteiger partial charge on any atom is 0.317 e.